The zero-order valence-electron chi connectivity index (χ0n) is 24.6. The van der Waals surface area contributed by atoms with E-state index in [4.69, 9.17) is 0 Å². The fraction of sp³-hybridized carbons (Fsp3) is 0.324. The van der Waals surface area contributed by atoms with Crippen LogP contribution in [0.2, 0.25) is 0 Å². The lowest BCUT2D eigenvalue weighted by Crippen LogP contribution is -2.44. The van der Waals surface area contributed by atoms with Gasteiger partial charge < -0.3 is 15.2 Å². The summed E-state index contributed by atoms with van der Waals surface area (Å²) in [6.45, 7) is 1.69. The van der Waals surface area contributed by atoms with Crippen LogP contribution in [-0.2, 0) is 47.0 Å². The van der Waals surface area contributed by atoms with E-state index in [1.54, 1.807) is 18.3 Å². The first-order valence-electron chi connectivity index (χ1n) is 15.1. The molecule has 2 aliphatic rings. The molecule has 1 aromatic heterocycles. The Morgan fingerprint density at radius 1 is 0.889 bits per heavy atom. The van der Waals surface area contributed by atoms with Crippen molar-refractivity contribution < 1.29 is 26.4 Å². The smallest absolute Gasteiger partial charge is 0.349 e. The summed E-state index contributed by atoms with van der Waals surface area (Å²) in [6.07, 6.45) is -0.748. The van der Waals surface area contributed by atoms with E-state index < -0.39 is 32.7 Å². The standard InChI is InChI=1S/C34H35F3N4O3S/c35-34(36,37)28-11-4-5-14-32(28)45(43,44)41-19-18-40-17-7-13-30(40)31(41)21-33(42)39-29-12-6-10-26-20-25(15-16-27(26)29)23-38-22-24-8-2-1-3-9-24/h1-5,7-9,11,13-17,20,29,31,38H,6,10,12,18-19,21-23H2,(H,39,42). The summed E-state index contributed by atoms with van der Waals surface area (Å²) in [5.74, 6) is -0.356. The molecule has 0 saturated heterocycles. The molecule has 2 unspecified atom stereocenters. The van der Waals surface area contributed by atoms with Gasteiger partial charge in [0.05, 0.1) is 22.5 Å². The van der Waals surface area contributed by atoms with E-state index >= 15 is 0 Å². The normalized spacial score (nSPS) is 18.6. The number of aromatic nitrogens is 1. The minimum absolute atomic E-state index is 0.0541. The van der Waals surface area contributed by atoms with E-state index in [0.29, 0.717) is 12.2 Å². The summed E-state index contributed by atoms with van der Waals surface area (Å²) < 4.78 is 72.0. The summed E-state index contributed by atoms with van der Waals surface area (Å²) in [4.78, 5) is 12.8. The van der Waals surface area contributed by atoms with Crippen LogP contribution in [-0.4, -0.2) is 29.7 Å². The highest BCUT2D eigenvalue weighted by Gasteiger charge is 2.43. The van der Waals surface area contributed by atoms with Crippen LogP contribution in [0, 0.1) is 0 Å². The van der Waals surface area contributed by atoms with Crippen molar-refractivity contribution in [1.82, 2.24) is 19.5 Å². The van der Waals surface area contributed by atoms with Crippen molar-refractivity contribution in [3.63, 3.8) is 0 Å². The van der Waals surface area contributed by atoms with Gasteiger partial charge in [0.1, 0.15) is 0 Å². The Morgan fingerprint density at radius 3 is 2.44 bits per heavy atom. The van der Waals surface area contributed by atoms with Crippen molar-refractivity contribution in [3.8, 4) is 0 Å². The molecular formula is C34H35F3N4O3S. The number of fused-ring (bicyclic) bond motifs is 2. The molecule has 6 rings (SSSR count). The molecule has 236 valence electrons. The monoisotopic (exact) mass is 636 g/mol. The third-order valence-corrected chi connectivity index (χ3v) is 10.6. The maximum absolute atomic E-state index is 13.8. The molecule has 0 fully saturated rings. The Morgan fingerprint density at radius 2 is 1.64 bits per heavy atom. The molecular weight excluding hydrogens is 601 g/mol. The Balaban J connectivity index is 1.18. The Bertz CT molecular complexity index is 1770. The van der Waals surface area contributed by atoms with Crippen LogP contribution in [0.4, 0.5) is 13.2 Å². The van der Waals surface area contributed by atoms with Gasteiger partial charge in [0.25, 0.3) is 0 Å². The first-order valence-corrected chi connectivity index (χ1v) is 16.5. The highest BCUT2D eigenvalue weighted by Crippen LogP contribution is 2.39. The number of carbonyl (C=O) groups is 1. The van der Waals surface area contributed by atoms with Crippen LogP contribution in [0.3, 0.4) is 0 Å². The van der Waals surface area contributed by atoms with Crippen LogP contribution < -0.4 is 10.6 Å². The van der Waals surface area contributed by atoms with Crippen molar-refractivity contribution in [2.45, 2.75) is 68.5 Å². The van der Waals surface area contributed by atoms with E-state index in [0.717, 1.165) is 53.4 Å². The number of aryl methyl sites for hydroxylation is 1. The zero-order valence-corrected chi connectivity index (χ0v) is 25.4. The molecule has 0 bridgehead atoms. The topological polar surface area (TPSA) is 83.4 Å². The third kappa shape index (κ3) is 6.70. The van der Waals surface area contributed by atoms with Gasteiger partial charge in [-0.05, 0) is 65.8 Å². The number of halogens is 3. The van der Waals surface area contributed by atoms with Crippen LogP contribution in [0.25, 0.3) is 0 Å². The molecule has 1 amide bonds. The second-order valence-electron chi connectivity index (χ2n) is 11.6. The molecule has 1 aliphatic carbocycles. The van der Waals surface area contributed by atoms with Gasteiger partial charge in [-0.15, -0.1) is 0 Å². The number of benzene rings is 3. The zero-order chi connectivity index (χ0) is 31.6. The summed E-state index contributed by atoms with van der Waals surface area (Å²) in [5, 5.41) is 6.58. The van der Waals surface area contributed by atoms with Crippen molar-refractivity contribution in [1.29, 1.82) is 0 Å². The number of alkyl halides is 3. The molecule has 7 nitrogen and oxygen atoms in total. The summed E-state index contributed by atoms with van der Waals surface area (Å²) in [6, 6.07) is 22.9. The molecule has 0 saturated carbocycles. The average Bonchev–Trinajstić information content (AvgIpc) is 3.51. The molecule has 3 aromatic carbocycles. The number of sulfonamides is 1. The molecule has 0 spiro atoms. The number of nitrogens with one attached hydrogen (secondary N) is 2. The van der Waals surface area contributed by atoms with Crippen LogP contribution in [0.1, 0.15) is 64.9 Å². The van der Waals surface area contributed by atoms with E-state index in [1.807, 2.05) is 22.8 Å². The molecule has 2 heterocycles. The van der Waals surface area contributed by atoms with Crippen molar-refractivity contribution >= 4 is 15.9 Å². The SMILES string of the molecule is O=C(CC1c2cccn2CCN1S(=O)(=O)c1ccccc1C(F)(F)F)NC1CCCc2cc(CNCc3ccccc3)ccc21. The number of hydrogen-bond donors (Lipinski definition) is 2. The predicted molar refractivity (Wildman–Crippen MR) is 164 cm³/mol. The van der Waals surface area contributed by atoms with Crippen LogP contribution in [0.5, 0.6) is 0 Å². The molecule has 45 heavy (non-hydrogen) atoms. The van der Waals surface area contributed by atoms with Gasteiger partial charge in [0.2, 0.25) is 15.9 Å². The average molecular weight is 637 g/mol. The number of nitrogens with zero attached hydrogens (tertiary/aromatic N) is 2. The molecule has 0 radical (unpaired) electrons. The van der Waals surface area contributed by atoms with Gasteiger partial charge in [-0.1, -0.05) is 60.7 Å². The lowest BCUT2D eigenvalue weighted by Gasteiger charge is -2.36. The van der Waals surface area contributed by atoms with Crippen molar-refractivity contribution in [2.75, 3.05) is 6.54 Å². The number of rotatable bonds is 9. The lowest BCUT2D eigenvalue weighted by molar-refractivity contribution is -0.140. The quantitative estimate of drug-likeness (QED) is 0.232. The molecule has 1 aliphatic heterocycles. The molecule has 4 aromatic rings. The Kier molecular flexibility index (Phi) is 8.85. The molecule has 2 N–H and O–H groups in total. The first kappa shape index (κ1) is 31.1. The highest BCUT2D eigenvalue weighted by molar-refractivity contribution is 7.89. The van der Waals surface area contributed by atoms with Gasteiger partial charge in [0.15, 0.2) is 0 Å². The largest absolute Gasteiger partial charge is 0.417 e. The summed E-state index contributed by atoms with van der Waals surface area (Å²) in [5.41, 5.74) is 3.92. The fourth-order valence-electron chi connectivity index (χ4n) is 6.49. The van der Waals surface area contributed by atoms with E-state index in [1.165, 1.54) is 23.3 Å². The molecule has 11 heteroatoms. The van der Waals surface area contributed by atoms with Crippen LogP contribution in [0.15, 0.2) is 96.0 Å². The van der Waals surface area contributed by atoms with Gasteiger partial charge in [-0.25, -0.2) is 8.42 Å². The van der Waals surface area contributed by atoms with Gasteiger partial charge in [-0.3, -0.25) is 4.79 Å². The van der Waals surface area contributed by atoms with Crippen molar-refractivity contribution in [3.05, 3.63) is 125 Å². The minimum atomic E-state index is -4.85. The fourth-order valence-corrected chi connectivity index (χ4v) is 8.30. The van der Waals surface area contributed by atoms with Crippen molar-refractivity contribution in [2.24, 2.45) is 0 Å². The van der Waals surface area contributed by atoms with Crippen LogP contribution >= 0.6 is 0 Å². The van der Waals surface area contributed by atoms with E-state index in [-0.39, 0.29) is 31.5 Å². The van der Waals surface area contributed by atoms with Gasteiger partial charge >= 0.3 is 6.18 Å². The van der Waals surface area contributed by atoms with Gasteiger partial charge in [0, 0.05) is 44.5 Å². The Hall–Kier alpha value is -3.93. The maximum atomic E-state index is 13.8. The predicted octanol–water partition coefficient (Wildman–Crippen LogP) is 6.13. The highest BCUT2D eigenvalue weighted by atomic mass is 32.2. The summed E-state index contributed by atoms with van der Waals surface area (Å²) in [7, 11) is -4.59. The Labute approximate surface area is 261 Å². The number of amides is 1. The second kappa shape index (κ2) is 12.8. The third-order valence-electron chi connectivity index (χ3n) is 8.63. The lowest BCUT2D eigenvalue weighted by atomic mass is 9.86. The summed E-state index contributed by atoms with van der Waals surface area (Å²) >= 11 is 0. The number of carbonyl (C=O) groups excluding carboxylic acids is 1. The minimum Gasteiger partial charge on any atom is -0.349 e. The maximum Gasteiger partial charge on any atom is 0.417 e. The van der Waals surface area contributed by atoms with Gasteiger partial charge in [-0.2, -0.15) is 17.5 Å². The van der Waals surface area contributed by atoms with E-state index in [2.05, 4.69) is 41.0 Å². The number of hydrogen-bond acceptors (Lipinski definition) is 4. The first-order chi connectivity index (χ1) is 21.6. The van der Waals surface area contributed by atoms with E-state index in [9.17, 15) is 26.4 Å². The second-order valence-corrected chi connectivity index (χ2v) is 13.4. The molecule has 2 atom stereocenters.